The molecule has 1 aliphatic heterocycles. The van der Waals surface area contributed by atoms with Gasteiger partial charge in [0.05, 0.1) is 0 Å². The van der Waals surface area contributed by atoms with E-state index in [4.69, 9.17) is 0 Å². The third-order valence-corrected chi connectivity index (χ3v) is 2.41. The summed E-state index contributed by atoms with van der Waals surface area (Å²) in [6.07, 6.45) is 2.62. The Morgan fingerprint density at radius 1 is 1.50 bits per heavy atom. The van der Waals surface area contributed by atoms with Crippen LogP contribution in [0.1, 0.15) is 26.7 Å². The van der Waals surface area contributed by atoms with Crippen molar-refractivity contribution in [2.45, 2.75) is 32.7 Å². The minimum Gasteiger partial charge on any atom is -0.355 e. The average Bonchev–Trinajstić information content (AvgIpc) is 2.51. The van der Waals surface area contributed by atoms with Crippen molar-refractivity contribution in [2.75, 3.05) is 19.6 Å². The van der Waals surface area contributed by atoms with Crippen LogP contribution < -0.4 is 5.32 Å². The van der Waals surface area contributed by atoms with E-state index in [9.17, 15) is 4.79 Å². The van der Waals surface area contributed by atoms with Crippen LogP contribution in [0.5, 0.6) is 0 Å². The standard InChI is InChI=1S/C9H18N2O/c1-8(7-10-9(2)12)11-5-3-4-6-11/h8H,3-7H2,1-2H3,(H,10,12). The normalized spacial score (nSPS) is 20.8. The molecule has 3 heteroatoms. The molecule has 1 heterocycles. The van der Waals surface area contributed by atoms with Crippen LogP contribution in [0.25, 0.3) is 0 Å². The van der Waals surface area contributed by atoms with Crippen LogP contribution >= 0.6 is 0 Å². The fraction of sp³-hybridized carbons (Fsp3) is 0.889. The van der Waals surface area contributed by atoms with Crippen molar-refractivity contribution in [1.82, 2.24) is 10.2 Å². The third kappa shape index (κ3) is 2.81. The Balaban J connectivity index is 2.17. The van der Waals surface area contributed by atoms with Gasteiger partial charge in [0.2, 0.25) is 5.91 Å². The van der Waals surface area contributed by atoms with Crippen molar-refractivity contribution in [3.63, 3.8) is 0 Å². The highest BCUT2D eigenvalue weighted by Crippen LogP contribution is 2.10. The highest BCUT2D eigenvalue weighted by Gasteiger charge is 2.17. The van der Waals surface area contributed by atoms with E-state index in [-0.39, 0.29) is 5.91 Å². The molecule has 0 aromatic rings. The summed E-state index contributed by atoms with van der Waals surface area (Å²) in [7, 11) is 0. The van der Waals surface area contributed by atoms with Gasteiger partial charge < -0.3 is 5.32 Å². The van der Waals surface area contributed by atoms with Crippen molar-refractivity contribution in [2.24, 2.45) is 0 Å². The summed E-state index contributed by atoms with van der Waals surface area (Å²) < 4.78 is 0. The van der Waals surface area contributed by atoms with Gasteiger partial charge in [0.15, 0.2) is 0 Å². The predicted molar refractivity (Wildman–Crippen MR) is 49.0 cm³/mol. The lowest BCUT2D eigenvalue weighted by Gasteiger charge is -2.23. The number of nitrogens with one attached hydrogen (secondary N) is 1. The summed E-state index contributed by atoms with van der Waals surface area (Å²) in [6, 6.07) is 0.497. The first-order chi connectivity index (χ1) is 5.70. The Bertz CT molecular complexity index is 153. The monoisotopic (exact) mass is 170 g/mol. The van der Waals surface area contributed by atoms with Gasteiger partial charge in [-0.2, -0.15) is 0 Å². The summed E-state index contributed by atoms with van der Waals surface area (Å²) in [6.45, 7) is 6.91. The van der Waals surface area contributed by atoms with Gasteiger partial charge in [-0.3, -0.25) is 9.69 Å². The molecule has 1 atom stereocenters. The second-order valence-electron chi connectivity index (χ2n) is 3.53. The van der Waals surface area contributed by atoms with Crippen molar-refractivity contribution >= 4 is 5.91 Å². The molecule has 0 radical (unpaired) electrons. The third-order valence-electron chi connectivity index (χ3n) is 2.41. The molecule has 0 aliphatic carbocycles. The van der Waals surface area contributed by atoms with E-state index in [0.717, 1.165) is 6.54 Å². The van der Waals surface area contributed by atoms with E-state index in [1.807, 2.05) is 0 Å². The zero-order valence-electron chi connectivity index (χ0n) is 7.97. The van der Waals surface area contributed by atoms with Gasteiger partial charge in [-0.1, -0.05) is 0 Å². The van der Waals surface area contributed by atoms with Crippen molar-refractivity contribution in [3.8, 4) is 0 Å². The van der Waals surface area contributed by atoms with Crippen LogP contribution in [-0.4, -0.2) is 36.5 Å². The highest BCUT2D eigenvalue weighted by molar-refractivity contribution is 5.72. The van der Waals surface area contributed by atoms with Gasteiger partial charge >= 0.3 is 0 Å². The lowest BCUT2D eigenvalue weighted by atomic mass is 10.3. The molecule has 1 N–H and O–H groups in total. The lowest BCUT2D eigenvalue weighted by Crippen LogP contribution is -2.39. The molecule has 12 heavy (non-hydrogen) atoms. The maximum absolute atomic E-state index is 10.6. The zero-order valence-corrected chi connectivity index (χ0v) is 7.97. The summed E-state index contributed by atoms with van der Waals surface area (Å²) in [4.78, 5) is 13.1. The molecule has 1 unspecified atom stereocenters. The zero-order chi connectivity index (χ0) is 8.97. The first-order valence-corrected chi connectivity index (χ1v) is 4.68. The molecule has 1 aliphatic rings. The number of carbonyl (C=O) groups excluding carboxylic acids is 1. The number of carbonyl (C=O) groups is 1. The molecular formula is C9H18N2O. The topological polar surface area (TPSA) is 32.3 Å². The molecule has 0 saturated carbocycles. The summed E-state index contributed by atoms with van der Waals surface area (Å²) in [5.74, 6) is 0.0704. The quantitative estimate of drug-likeness (QED) is 0.673. The van der Waals surface area contributed by atoms with Gasteiger partial charge in [-0.15, -0.1) is 0 Å². The van der Waals surface area contributed by atoms with Crippen molar-refractivity contribution < 1.29 is 4.79 Å². The van der Waals surface area contributed by atoms with Crippen LogP contribution in [0.4, 0.5) is 0 Å². The first kappa shape index (κ1) is 9.52. The Morgan fingerprint density at radius 3 is 2.58 bits per heavy atom. The Kier molecular flexibility index (Phi) is 3.53. The second kappa shape index (κ2) is 4.45. The fourth-order valence-electron chi connectivity index (χ4n) is 1.60. The lowest BCUT2D eigenvalue weighted by molar-refractivity contribution is -0.119. The smallest absolute Gasteiger partial charge is 0.216 e. The molecule has 0 spiro atoms. The number of nitrogens with zero attached hydrogens (tertiary/aromatic N) is 1. The van der Waals surface area contributed by atoms with Gasteiger partial charge in [0.1, 0.15) is 0 Å². The predicted octanol–water partition coefficient (Wildman–Crippen LogP) is 0.607. The molecule has 0 aromatic heterocycles. The minimum atomic E-state index is 0.0704. The van der Waals surface area contributed by atoms with Crippen LogP contribution in [-0.2, 0) is 4.79 Å². The van der Waals surface area contributed by atoms with E-state index in [0.29, 0.717) is 6.04 Å². The van der Waals surface area contributed by atoms with Gasteiger partial charge in [0.25, 0.3) is 0 Å². The summed E-state index contributed by atoms with van der Waals surface area (Å²) in [5, 5.41) is 2.84. The first-order valence-electron chi connectivity index (χ1n) is 4.68. The molecule has 1 amide bonds. The van der Waals surface area contributed by atoms with Gasteiger partial charge in [-0.25, -0.2) is 0 Å². The van der Waals surface area contributed by atoms with Crippen molar-refractivity contribution in [1.29, 1.82) is 0 Å². The minimum absolute atomic E-state index is 0.0704. The Labute approximate surface area is 74.1 Å². The number of hydrogen-bond acceptors (Lipinski definition) is 2. The fourth-order valence-corrected chi connectivity index (χ4v) is 1.60. The summed E-state index contributed by atoms with van der Waals surface area (Å²) in [5.41, 5.74) is 0. The average molecular weight is 170 g/mol. The number of likely N-dealkylation sites (tertiary alicyclic amines) is 1. The molecule has 70 valence electrons. The van der Waals surface area contributed by atoms with E-state index < -0.39 is 0 Å². The van der Waals surface area contributed by atoms with E-state index in [1.165, 1.54) is 25.9 Å². The van der Waals surface area contributed by atoms with Crippen LogP contribution in [0.3, 0.4) is 0 Å². The molecule has 0 aromatic carbocycles. The maximum atomic E-state index is 10.6. The van der Waals surface area contributed by atoms with Crippen LogP contribution in [0.15, 0.2) is 0 Å². The highest BCUT2D eigenvalue weighted by atomic mass is 16.1. The SMILES string of the molecule is CC(=O)NCC(C)N1CCCC1. The number of rotatable bonds is 3. The second-order valence-corrected chi connectivity index (χ2v) is 3.53. The van der Waals surface area contributed by atoms with E-state index in [2.05, 4.69) is 17.1 Å². The molecule has 1 rings (SSSR count). The molecule has 0 bridgehead atoms. The molecule has 1 saturated heterocycles. The number of hydrogen-bond donors (Lipinski definition) is 1. The van der Waals surface area contributed by atoms with E-state index >= 15 is 0 Å². The number of amides is 1. The van der Waals surface area contributed by atoms with Gasteiger partial charge in [0, 0.05) is 19.5 Å². The van der Waals surface area contributed by atoms with Crippen LogP contribution in [0, 0.1) is 0 Å². The molecule has 1 fully saturated rings. The van der Waals surface area contributed by atoms with Gasteiger partial charge in [-0.05, 0) is 32.9 Å². The maximum Gasteiger partial charge on any atom is 0.216 e. The molecular weight excluding hydrogens is 152 g/mol. The molecule has 3 nitrogen and oxygen atoms in total. The van der Waals surface area contributed by atoms with Crippen LogP contribution in [0.2, 0.25) is 0 Å². The Hall–Kier alpha value is -0.570. The van der Waals surface area contributed by atoms with E-state index in [1.54, 1.807) is 6.92 Å². The van der Waals surface area contributed by atoms with Crippen molar-refractivity contribution in [3.05, 3.63) is 0 Å². The largest absolute Gasteiger partial charge is 0.355 e. The summed E-state index contributed by atoms with van der Waals surface area (Å²) >= 11 is 0. The Morgan fingerprint density at radius 2 is 2.08 bits per heavy atom.